The molecule has 0 aliphatic rings. The van der Waals surface area contributed by atoms with Crippen molar-refractivity contribution >= 4 is 21.9 Å². The number of carbonyl (C=O) groups excluding carboxylic acids is 1. The molecule has 0 unspecified atom stereocenters. The zero-order valence-corrected chi connectivity index (χ0v) is 11.5. The van der Waals surface area contributed by atoms with E-state index >= 15 is 0 Å². The van der Waals surface area contributed by atoms with Gasteiger partial charge in [-0.2, -0.15) is 0 Å². The Labute approximate surface area is 108 Å². The number of esters is 1. The van der Waals surface area contributed by atoms with E-state index in [-0.39, 0.29) is 18.4 Å². The van der Waals surface area contributed by atoms with Crippen LogP contribution in [0.1, 0.15) is 13.8 Å². The van der Waals surface area contributed by atoms with Crippen LogP contribution in [0.3, 0.4) is 0 Å². The van der Waals surface area contributed by atoms with Gasteiger partial charge in [-0.1, -0.05) is 0 Å². The molecule has 0 amide bonds. The molecule has 0 saturated carbocycles. The van der Waals surface area contributed by atoms with Crippen LogP contribution in [0.25, 0.3) is 0 Å². The molecule has 0 bridgehead atoms. The van der Waals surface area contributed by atoms with Crippen molar-refractivity contribution in [3.8, 4) is 5.75 Å². The molecule has 0 radical (unpaired) electrons. The van der Waals surface area contributed by atoms with Crippen molar-refractivity contribution in [1.29, 1.82) is 0 Å². The van der Waals surface area contributed by atoms with Gasteiger partial charge >= 0.3 is 5.97 Å². The van der Waals surface area contributed by atoms with Gasteiger partial charge in [0.05, 0.1) is 17.0 Å². The van der Waals surface area contributed by atoms with Gasteiger partial charge in [0.1, 0.15) is 18.2 Å². The second-order valence-electron chi connectivity index (χ2n) is 4.24. The standard InChI is InChI=1S/C12H14BrFO3/c1-12(2,11(15)16-3)7-17-10-5-4-8(14)6-9(10)13/h4-6H,7H2,1-3H3. The second-order valence-corrected chi connectivity index (χ2v) is 5.09. The van der Waals surface area contributed by atoms with Gasteiger partial charge in [-0.15, -0.1) is 0 Å². The smallest absolute Gasteiger partial charge is 0.314 e. The molecule has 17 heavy (non-hydrogen) atoms. The first-order chi connectivity index (χ1) is 7.86. The summed E-state index contributed by atoms with van der Waals surface area (Å²) in [4.78, 5) is 11.4. The van der Waals surface area contributed by atoms with E-state index in [2.05, 4.69) is 20.7 Å². The van der Waals surface area contributed by atoms with E-state index in [9.17, 15) is 9.18 Å². The van der Waals surface area contributed by atoms with Gasteiger partial charge in [-0.25, -0.2) is 4.39 Å². The van der Waals surface area contributed by atoms with Crippen LogP contribution in [0.15, 0.2) is 22.7 Å². The average molecular weight is 305 g/mol. The summed E-state index contributed by atoms with van der Waals surface area (Å²) in [6, 6.07) is 4.11. The molecule has 0 spiro atoms. The van der Waals surface area contributed by atoms with E-state index in [1.165, 1.54) is 25.3 Å². The molecule has 1 aromatic rings. The lowest BCUT2D eigenvalue weighted by Crippen LogP contribution is -2.32. The highest BCUT2D eigenvalue weighted by Gasteiger charge is 2.29. The molecule has 1 rings (SSSR count). The molecule has 5 heteroatoms. The van der Waals surface area contributed by atoms with Crippen LogP contribution in [0, 0.1) is 11.2 Å². The van der Waals surface area contributed by atoms with Gasteiger partial charge in [0, 0.05) is 0 Å². The van der Waals surface area contributed by atoms with E-state index < -0.39 is 5.41 Å². The minimum absolute atomic E-state index is 0.157. The first-order valence-electron chi connectivity index (χ1n) is 5.03. The summed E-state index contributed by atoms with van der Waals surface area (Å²) in [5.74, 6) is -0.212. The lowest BCUT2D eigenvalue weighted by atomic mass is 9.95. The fourth-order valence-electron chi connectivity index (χ4n) is 1.19. The third-order valence-corrected chi connectivity index (χ3v) is 2.84. The summed E-state index contributed by atoms with van der Waals surface area (Å²) in [5.41, 5.74) is -0.747. The third-order valence-electron chi connectivity index (χ3n) is 2.22. The number of benzene rings is 1. The monoisotopic (exact) mass is 304 g/mol. The fraction of sp³-hybridized carbons (Fsp3) is 0.417. The Morgan fingerprint density at radius 3 is 2.65 bits per heavy atom. The highest BCUT2D eigenvalue weighted by molar-refractivity contribution is 9.10. The summed E-state index contributed by atoms with van der Waals surface area (Å²) in [6.07, 6.45) is 0. The summed E-state index contributed by atoms with van der Waals surface area (Å²) in [6.45, 7) is 3.59. The van der Waals surface area contributed by atoms with Crippen molar-refractivity contribution < 1.29 is 18.7 Å². The summed E-state index contributed by atoms with van der Waals surface area (Å²) < 4.78 is 23.5. The van der Waals surface area contributed by atoms with Crippen molar-refractivity contribution in [3.63, 3.8) is 0 Å². The Hall–Kier alpha value is -1.10. The fourth-order valence-corrected chi connectivity index (χ4v) is 1.65. The van der Waals surface area contributed by atoms with Crippen LogP contribution in [-0.2, 0) is 9.53 Å². The van der Waals surface area contributed by atoms with Crippen molar-refractivity contribution in [2.75, 3.05) is 13.7 Å². The number of methoxy groups -OCH3 is 1. The van der Waals surface area contributed by atoms with Gasteiger partial charge in [0.2, 0.25) is 0 Å². The molecule has 0 heterocycles. The van der Waals surface area contributed by atoms with Crippen LogP contribution in [0.2, 0.25) is 0 Å². The topological polar surface area (TPSA) is 35.5 Å². The van der Waals surface area contributed by atoms with E-state index in [0.29, 0.717) is 10.2 Å². The Kier molecular flexibility index (Phi) is 4.51. The Morgan fingerprint density at radius 2 is 2.12 bits per heavy atom. The lowest BCUT2D eigenvalue weighted by Gasteiger charge is -2.22. The minimum Gasteiger partial charge on any atom is -0.491 e. The van der Waals surface area contributed by atoms with Gasteiger partial charge in [0.25, 0.3) is 0 Å². The SMILES string of the molecule is COC(=O)C(C)(C)COc1ccc(F)cc1Br. The molecular formula is C12H14BrFO3. The normalized spacial score (nSPS) is 11.1. The molecule has 0 aliphatic carbocycles. The molecule has 0 N–H and O–H groups in total. The number of rotatable bonds is 4. The van der Waals surface area contributed by atoms with E-state index in [4.69, 9.17) is 4.74 Å². The molecule has 0 saturated heterocycles. The van der Waals surface area contributed by atoms with Crippen LogP contribution in [-0.4, -0.2) is 19.7 Å². The van der Waals surface area contributed by atoms with E-state index in [1.54, 1.807) is 13.8 Å². The Balaban J connectivity index is 2.70. The number of hydrogen-bond donors (Lipinski definition) is 0. The predicted molar refractivity (Wildman–Crippen MR) is 65.4 cm³/mol. The van der Waals surface area contributed by atoms with Gasteiger partial charge in [-0.3, -0.25) is 4.79 Å². The molecule has 0 atom stereocenters. The van der Waals surface area contributed by atoms with Crippen molar-refractivity contribution in [3.05, 3.63) is 28.5 Å². The molecule has 0 aliphatic heterocycles. The van der Waals surface area contributed by atoms with Crippen molar-refractivity contribution in [2.45, 2.75) is 13.8 Å². The van der Waals surface area contributed by atoms with Gasteiger partial charge in [0.15, 0.2) is 0 Å². The largest absolute Gasteiger partial charge is 0.491 e. The Bertz CT molecular complexity index is 418. The highest BCUT2D eigenvalue weighted by atomic mass is 79.9. The number of carbonyl (C=O) groups is 1. The first-order valence-corrected chi connectivity index (χ1v) is 5.82. The maximum Gasteiger partial charge on any atom is 0.314 e. The number of halogens is 2. The van der Waals surface area contributed by atoms with Crippen molar-refractivity contribution in [1.82, 2.24) is 0 Å². The highest BCUT2D eigenvalue weighted by Crippen LogP contribution is 2.27. The molecular weight excluding hydrogens is 291 g/mol. The summed E-state index contributed by atoms with van der Waals surface area (Å²) in [5, 5.41) is 0. The second kappa shape index (κ2) is 5.49. The van der Waals surface area contributed by atoms with Crippen LogP contribution >= 0.6 is 15.9 Å². The quantitative estimate of drug-likeness (QED) is 0.802. The zero-order valence-electron chi connectivity index (χ0n) is 9.92. The van der Waals surface area contributed by atoms with Crippen LogP contribution in [0.5, 0.6) is 5.75 Å². The van der Waals surface area contributed by atoms with Gasteiger partial charge < -0.3 is 9.47 Å². The average Bonchev–Trinajstić information content (AvgIpc) is 2.26. The zero-order chi connectivity index (χ0) is 13.1. The maximum absolute atomic E-state index is 12.8. The van der Waals surface area contributed by atoms with Gasteiger partial charge in [-0.05, 0) is 48.0 Å². The van der Waals surface area contributed by atoms with Crippen LogP contribution < -0.4 is 4.74 Å². The number of hydrogen-bond acceptors (Lipinski definition) is 3. The lowest BCUT2D eigenvalue weighted by molar-refractivity contribution is -0.152. The molecule has 3 nitrogen and oxygen atoms in total. The predicted octanol–water partition coefficient (Wildman–Crippen LogP) is 3.17. The first kappa shape index (κ1) is 14.0. The summed E-state index contributed by atoms with van der Waals surface area (Å²) in [7, 11) is 1.33. The Morgan fingerprint density at radius 1 is 1.47 bits per heavy atom. The maximum atomic E-state index is 12.8. The van der Waals surface area contributed by atoms with E-state index in [1.807, 2.05) is 0 Å². The minimum atomic E-state index is -0.747. The summed E-state index contributed by atoms with van der Waals surface area (Å²) >= 11 is 3.19. The molecule has 0 fully saturated rings. The number of ether oxygens (including phenoxy) is 2. The van der Waals surface area contributed by atoms with Crippen molar-refractivity contribution in [2.24, 2.45) is 5.41 Å². The van der Waals surface area contributed by atoms with Crippen LogP contribution in [0.4, 0.5) is 4.39 Å². The molecule has 0 aromatic heterocycles. The van der Waals surface area contributed by atoms with E-state index in [0.717, 1.165) is 0 Å². The molecule has 94 valence electrons. The molecule has 1 aromatic carbocycles. The third kappa shape index (κ3) is 3.70.